The van der Waals surface area contributed by atoms with Crippen molar-refractivity contribution in [1.29, 1.82) is 0 Å². The third kappa shape index (κ3) is 2.99. The fourth-order valence-electron chi connectivity index (χ4n) is 2.80. The van der Waals surface area contributed by atoms with Gasteiger partial charge in [0.2, 0.25) is 5.91 Å². The van der Waals surface area contributed by atoms with E-state index >= 15 is 0 Å². The Kier molecular flexibility index (Phi) is 4.28. The lowest BCUT2D eigenvalue weighted by atomic mass is 9.82. The Morgan fingerprint density at radius 1 is 1.25 bits per heavy atom. The summed E-state index contributed by atoms with van der Waals surface area (Å²) in [5.41, 5.74) is 0.356. The number of hydrogen-bond donors (Lipinski definition) is 1. The van der Waals surface area contributed by atoms with E-state index in [1.165, 1.54) is 44.9 Å². The van der Waals surface area contributed by atoms with E-state index in [0.717, 1.165) is 18.3 Å². The van der Waals surface area contributed by atoms with Gasteiger partial charge in [0.15, 0.2) is 0 Å². The first kappa shape index (κ1) is 12.4. The molecular weight excluding hydrogens is 266 g/mol. The molecule has 0 saturated heterocycles. The fraction of sp³-hybridized carbons (Fsp3) is 0.923. The average Bonchev–Trinajstić information content (AvgIpc) is 2.70. The first-order valence-corrected chi connectivity index (χ1v) is 7.69. The van der Waals surface area contributed by atoms with Crippen LogP contribution in [0.25, 0.3) is 0 Å². The van der Waals surface area contributed by atoms with E-state index < -0.39 is 0 Å². The van der Waals surface area contributed by atoms with Crippen LogP contribution >= 0.6 is 15.9 Å². The molecule has 16 heavy (non-hydrogen) atoms. The highest BCUT2D eigenvalue weighted by atomic mass is 79.9. The zero-order valence-corrected chi connectivity index (χ0v) is 11.5. The molecule has 0 spiro atoms. The zero-order valence-electron chi connectivity index (χ0n) is 9.93. The van der Waals surface area contributed by atoms with Crippen LogP contribution in [0.4, 0.5) is 0 Å². The molecule has 2 fully saturated rings. The van der Waals surface area contributed by atoms with Gasteiger partial charge in [0, 0.05) is 18.3 Å². The fourth-order valence-corrected chi connectivity index (χ4v) is 3.56. The molecule has 2 saturated carbocycles. The lowest BCUT2D eigenvalue weighted by Gasteiger charge is -2.28. The summed E-state index contributed by atoms with van der Waals surface area (Å²) in [7, 11) is 0. The summed E-state index contributed by atoms with van der Waals surface area (Å²) in [6.45, 7) is 0.879. The number of nitrogens with one attached hydrogen (secondary N) is 1. The minimum Gasteiger partial charge on any atom is -0.356 e. The topological polar surface area (TPSA) is 29.1 Å². The van der Waals surface area contributed by atoms with Crippen LogP contribution in [0.2, 0.25) is 0 Å². The van der Waals surface area contributed by atoms with Crippen LogP contribution in [0.3, 0.4) is 0 Å². The summed E-state index contributed by atoms with van der Waals surface area (Å²) < 4.78 is 0. The lowest BCUT2D eigenvalue weighted by Crippen LogP contribution is -2.38. The summed E-state index contributed by atoms with van der Waals surface area (Å²) in [4.78, 5) is 11.7. The largest absolute Gasteiger partial charge is 0.356 e. The van der Waals surface area contributed by atoms with Crippen molar-refractivity contribution in [2.75, 3.05) is 11.9 Å². The van der Waals surface area contributed by atoms with E-state index in [1.807, 2.05) is 0 Å². The summed E-state index contributed by atoms with van der Waals surface area (Å²) in [6, 6.07) is 0. The molecule has 0 unspecified atom stereocenters. The zero-order chi connectivity index (χ0) is 11.4. The molecule has 0 aliphatic heterocycles. The third-order valence-electron chi connectivity index (χ3n) is 4.31. The maximum absolute atomic E-state index is 11.7. The molecule has 2 aliphatic rings. The van der Waals surface area contributed by atoms with Crippen LogP contribution in [0.1, 0.15) is 51.4 Å². The first-order valence-electron chi connectivity index (χ1n) is 6.57. The Labute approximate surface area is 107 Å². The van der Waals surface area contributed by atoms with Gasteiger partial charge in [-0.25, -0.2) is 0 Å². The molecule has 0 radical (unpaired) electrons. The molecule has 0 bridgehead atoms. The Bertz CT molecular complexity index is 244. The predicted molar refractivity (Wildman–Crippen MR) is 69.7 cm³/mol. The van der Waals surface area contributed by atoms with Gasteiger partial charge in [-0.3, -0.25) is 4.79 Å². The summed E-state index contributed by atoms with van der Waals surface area (Å²) in [6.07, 6.45) is 9.79. The molecular formula is C13H22BrNO. The average molecular weight is 288 g/mol. The smallest absolute Gasteiger partial charge is 0.220 e. The van der Waals surface area contributed by atoms with Crippen molar-refractivity contribution in [3.8, 4) is 0 Å². The van der Waals surface area contributed by atoms with E-state index in [-0.39, 0.29) is 5.91 Å². The van der Waals surface area contributed by atoms with Gasteiger partial charge in [-0.05, 0) is 37.0 Å². The van der Waals surface area contributed by atoms with Crippen LogP contribution in [0.15, 0.2) is 0 Å². The molecule has 2 rings (SSSR count). The van der Waals surface area contributed by atoms with Gasteiger partial charge >= 0.3 is 0 Å². The Balaban J connectivity index is 1.70. The highest BCUT2D eigenvalue weighted by molar-refractivity contribution is 9.09. The molecule has 2 aliphatic carbocycles. The summed E-state index contributed by atoms with van der Waals surface area (Å²) >= 11 is 3.61. The number of hydrogen-bond acceptors (Lipinski definition) is 1. The van der Waals surface area contributed by atoms with E-state index in [4.69, 9.17) is 0 Å². The number of carbonyl (C=O) groups is 1. The van der Waals surface area contributed by atoms with Gasteiger partial charge in [-0.15, -0.1) is 0 Å². The molecule has 1 amide bonds. The quantitative estimate of drug-likeness (QED) is 0.773. The van der Waals surface area contributed by atoms with Gasteiger partial charge in [-0.1, -0.05) is 35.2 Å². The SMILES string of the molecule is O=C(CC1CCC1)NCC1(CBr)CCCC1. The standard InChI is InChI=1S/C13H22BrNO/c14-9-13(6-1-2-7-13)10-15-12(16)8-11-4-3-5-11/h11H,1-10H2,(H,15,16). The molecule has 0 atom stereocenters. The van der Waals surface area contributed by atoms with Crippen LogP contribution < -0.4 is 5.32 Å². The molecule has 92 valence electrons. The van der Waals surface area contributed by atoms with E-state index in [0.29, 0.717) is 11.3 Å². The summed E-state index contributed by atoms with van der Waals surface area (Å²) in [5, 5.41) is 4.18. The van der Waals surface area contributed by atoms with Gasteiger partial charge in [0.1, 0.15) is 0 Å². The van der Waals surface area contributed by atoms with Crippen LogP contribution in [0.5, 0.6) is 0 Å². The Hall–Kier alpha value is -0.0500. The third-order valence-corrected chi connectivity index (χ3v) is 5.50. The van der Waals surface area contributed by atoms with Crippen molar-refractivity contribution in [3.63, 3.8) is 0 Å². The second-order valence-corrected chi connectivity index (χ2v) is 6.18. The molecule has 0 heterocycles. The molecule has 3 heteroatoms. The monoisotopic (exact) mass is 287 g/mol. The maximum Gasteiger partial charge on any atom is 0.220 e. The van der Waals surface area contributed by atoms with Crippen LogP contribution in [0, 0.1) is 11.3 Å². The van der Waals surface area contributed by atoms with Crippen molar-refractivity contribution in [3.05, 3.63) is 0 Å². The van der Waals surface area contributed by atoms with Gasteiger partial charge in [0.25, 0.3) is 0 Å². The highest BCUT2D eigenvalue weighted by Crippen LogP contribution is 2.39. The maximum atomic E-state index is 11.7. The molecule has 0 aromatic heterocycles. The number of alkyl halides is 1. The molecule has 0 aromatic rings. The van der Waals surface area contributed by atoms with E-state index in [1.54, 1.807) is 0 Å². The lowest BCUT2D eigenvalue weighted by molar-refractivity contribution is -0.123. The summed E-state index contributed by atoms with van der Waals surface area (Å²) in [5.74, 6) is 0.959. The predicted octanol–water partition coefficient (Wildman–Crippen LogP) is 3.25. The van der Waals surface area contributed by atoms with Crippen molar-refractivity contribution in [2.24, 2.45) is 11.3 Å². The Morgan fingerprint density at radius 3 is 2.44 bits per heavy atom. The first-order chi connectivity index (χ1) is 7.74. The van der Waals surface area contributed by atoms with Crippen molar-refractivity contribution in [2.45, 2.75) is 51.4 Å². The van der Waals surface area contributed by atoms with Crippen LogP contribution in [-0.4, -0.2) is 17.8 Å². The van der Waals surface area contributed by atoms with Crippen molar-refractivity contribution in [1.82, 2.24) is 5.32 Å². The highest BCUT2D eigenvalue weighted by Gasteiger charge is 2.33. The van der Waals surface area contributed by atoms with Gasteiger partial charge in [-0.2, -0.15) is 0 Å². The van der Waals surface area contributed by atoms with Crippen molar-refractivity contribution < 1.29 is 4.79 Å². The minimum atomic E-state index is 0.275. The van der Waals surface area contributed by atoms with Crippen LogP contribution in [-0.2, 0) is 4.79 Å². The molecule has 0 aromatic carbocycles. The second kappa shape index (κ2) is 5.52. The number of amides is 1. The molecule has 1 N–H and O–H groups in total. The minimum absolute atomic E-state index is 0.275. The molecule has 2 nitrogen and oxygen atoms in total. The van der Waals surface area contributed by atoms with Gasteiger partial charge in [0.05, 0.1) is 0 Å². The Morgan fingerprint density at radius 2 is 1.94 bits per heavy atom. The van der Waals surface area contributed by atoms with Gasteiger partial charge < -0.3 is 5.32 Å². The number of rotatable bonds is 5. The van der Waals surface area contributed by atoms with E-state index in [9.17, 15) is 4.79 Å². The second-order valence-electron chi connectivity index (χ2n) is 5.62. The normalized spacial score (nSPS) is 24.1. The number of carbonyl (C=O) groups excluding carboxylic acids is 1. The van der Waals surface area contributed by atoms with Crippen molar-refractivity contribution >= 4 is 21.8 Å². The number of halogens is 1. The van der Waals surface area contributed by atoms with E-state index in [2.05, 4.69) is 21.2 Å².